The molecule has 1 aromatic heterocycles. The molecule has 162 valence electrons. The van der Waals surface area contributed by atoms with E-state index in [1.165, 1.54) is 18.3 Å². The Kier molecular flexibility index (Phi) is 5.69. The normalized spacial score (nSPS) is 13.4. The van der Waals surface area contributed by atoms with Crippen LogP contribution in [0.15, 0.2) is 48.7 Å². The van der Waals surface area contributed by atoms with Crippen molar-refractivity contribution < 1.29 is 32.7 Å². The summed E-state index contributed by atoms with van der Waals surface area (Å²) < 4.78 is 39.2. The quantitative estimate of drug-likeness (QED) is 0.444. The van der Waals surface area contributed by atoms with Crippen LogP contribution in [-0.4, -0.2) is 38.8 Å². The summed E-state index contributed by atoms with van der Waals surface area (Å²) in [7, 11) is 0. The summed E-state index contributed by atoms with van der Waals surface area (Å²) in [6.45, 7) is 1.03. The summed E-state index contributed by atoms with van der Waals surface area (Å²) >= 11 is 0. The van der Waals surface area contributed by atoms with E-state index >= 15 is 0 Å². The summed E-state index contributed by atoms with van der Waals surface area (Å²) in [5.74, 6) is -3.29. The Balaban J connectivity index is 2.01. The van der Waals surface area contributed by atoms with Crippen molar-refractivity contribution in [2.24, 2.45) is 0 Å². The van der Waals surface area contributed by atoms with E-state index in [9.17, 15) is 32.7 Å². The molecule has 1 unspecified atom stereocenters. The van der Waals surface area contributed by atoms with Crippen LogP contribution in [0.4, 0.5) is 13.2 Å². The number of fused-ring (bicyclic) bond motifs is 1. The second-order valence-corrected chi connectivity index (χ2v) is 6.86. The Labute approximate surface area is 173 Å². The standard InChI is InChI=1S/C20H17F3N4O4/c1-11(28)25-19(18(30)31,9-12-4-2-5-13(8-12)20(21,22)23)26-17(29)14-6-3-7-16-15(14)10-24-27-16/h2-8,10H,9H2,1H3,(H,24,27)(H,25,28)(H,26,29)(H,30,31). The number of benzene rings is 2. The van der Waals surface area contributed by atoms with Crippen molar-refractivity contribution in [3.63, 3.8) is 0 Å². The second kappa shape index (κ2) is 8.09. The molecule has 0 aliphatic carbocycles. The molecule has 8 nitrogen and oxygen atoms in total. The highest BCUT2D eigenvalue weighted by Crippen LogP contribution is 2.30. The number of rotatable bonds is 6. The number of carboxylic acid groups (broad SMARTS) is 1. The number of nitrogens with one attached hydrogen (secondary N) is 3. The number of halogens is 3. The Bertz CT molecular complexity index is 1160. The van der Waals surface area contributed by atoms with Crippen molar-refractivity contribution in [1.29, 1.82) is 0 Å². The highest BCUT2D eigenvalue weighted by atomic mass is 19.4. The number of carbonyl (C=O) groups is 3. The third-order valence-electron chi connectivity index (χ3n) is 4.53. The summed E-state index contributed by atoms with van der Waals surface area (Å²) in [6, 6.07) is 8.62. The number of carbonyl (C=O) groups excluding carboxylic acids is 2. The van der Waals surface area contributed by atoms with Crippen molar-refractivity contribution in [3.05, 3.63) is 65.4 Å². The van der Waals surface area contributed by atoms with Gasteiger partial charge in [0.05, 0.1) is 22.8 Å². The molecule has 4 N–H and O–H groups in total. The van der Waals surface area contributed by atoms with Crippen LogP contribution in [0.25, 0.3) is 10.9 Å². The number of carboxylic acids is 1. The molecule has 0 aliphatic heterocycles. The van der Waals surface area contributed by atoms with Crippen molar-refractivity contribution >= 4 is 28.7 Å². The smallest absolute Gasteiger partial charge is 0.416 e. The van der Waals surface area contributed by atoms with Crippen LogP contribution in [0, 0.1) is 0 Å². The van der Waals surface area contributed by atoms with Crippen molar-refractivity contribution in [2.75, 3.05) is 0 Å². The Morgan fingerprint density at radius 1 is 1.10 bits per heavy atom. The van der Waals surface area contributed by atoms with Gasteiger partial charge in [-0.25, -0.2) is 4.79 Å². The number of H-pyrrole nitrogens is 1. The first kappa shape index (κ1) is 21.8. The number of hydrogen-bond donors (Lipinski definition) is 4. The highest BCUT2D eigenvalue weighted by Gasteiger charge is 2.42. The lowest BCUT2D eigenvalue weighted by Gasteiger charge is -2.31. The fourth-order valence-electron chi connectivity index (χ4n) is 3.19. The van der Waals surface area contributed by atoms with Crippen LogP contribution >= 0.6 is 0 Å². The molecule has 1 heterocycles. The first-order chi connectivity index (χ1) is 14.5. The maximum absolute atomic E-state index is 13.1. The Morgan fingerprint density at radius 3 is 2.45 bits per heavy atom. The van der Waals surface area contributed by atoms with Gasteiger partial charge in [-0.05, 0) is 23.8 Å². The zero-order valence-electron chi connectivity index (χ0n) is 16.1. The van der Waals surface area contributed by atoms with Crippen LogP contribution in [0.2, 0.25) is 0 Å². The van der Waals surface area contributed by atoms with Gasteiger partial charge in [0.25, 0.3) is 5.91 Å². The molecule has 0 fully saturated rings. The molecule has 31 heavy (non-hydrogen) atoms. The number of amides is 2. The van der Waals surface area contributed by atoms with E-state index in [1.54, 1.807) is 12.1 Å². The molecule has 2 amide bonds. The molecule has 0 saturated carbocycles. The largest absolute Gasteiger partial charge is 0.478 e. The first-order valence-corrected chi connectivity index (χ1v) is 8.95. The number of nitrogens with zero attached hydrogens (tertiary/aromatic N) is 1. The lowest BCUT2D eigenvalue weighted by Crippen LogP contribution is -2.66. The van der Waals surface area contributed by atoms with Crippen molar-refractivity contribution in [2.45, 2.75) is 25.2 Å². The minimum absolute atomic E-state index is 0.0483. The van der Waals surface area contributed by atoms with E-state index in [1.807, 2.05) is 0 Å². The molecular formula is C20H17F3N4O4. The minimum Gasteiger partial charge on any atom is -0.478 e. The number of aliphatic carboxylic acids is 1. The fraction of sp³-hybridized carbons (Fsp3) is 0.200. The van der Waals surface area contributed by atoms with Gasteiger partial charge in [-0.3, -0.25) is 14.7 Å². The molecule has 1 atom stereocenters. The molecule has 0 bridgehead atoms. The molecule has 11 heteroatoms. The van der Waals surface area contributed by atoms with Gasteiger partial charge in [-0.15, -0.1) is 0 Å². The van der Waals surface area contributed by atoms with E-state index in [0.29, 0.717) is 10.9 Å². The van der Waals surface area contributed by atoms with Crippen molar-refractivity contribution in [1.82, 2.24) is 20.8 Å². The van der Waals surface area contributed by atoms with Crippen LogP contribution in [0.1, 0.15) is 28.4 Å². The number of hydrogen-bond acceptors (Lipinski definition) is 4. The monoisotopic (exact) mass is 434 g/mol. The Hall–Kier alpha value is -3.89. The van der Waals surface area contributed by atoms with E-state index in [0.717, 1.165) is 25.1 Å². The van der Waals surface area contributed by atoms with E-state index in [2.05, 4.69) is 20.8 Å². The maximum atomic E-state index is 13.1. The van der Waals surface area contributed by atoms with Crippen LogP contribution in [-0.2, 0) is 22.2 Å². The topological polar surface area (TPSA) is 124 Å². The third kappa shape index (κ3) is 4.65. The van der Waals surface area contributed by atoms with Gasteiger partial charge in [-0.2, -0.15) is 18.3 Å². The zero-order valence-corrected chi connectivity index (χ0v) is 16.1. The van der Waals surface area contributed by atoms with Crippen LogP contribution in [0.5, 0.6) is 0 Å². The molecule has 0 spiro atoms. The van der Waals surface area contributed by atoms with Gasteiger partial charge in [-0.1, -0.05) is 24.3 Å². The predicted molar refractivity (Wildman–Crippen MR) is 103 cm³/mol. The van der Waals surface area contributed by atoms with Crippen LogP contribution in [0.3, 0.4) is 0 Å². The minimum atomic E-state index is -4.64. The molecule has 2 aromatic carbocycles. The first-order valence-electron chi connectivity index (χ1n) is 8.95. The maximum Gasteiger partial charge on any atom is 0.416 e. The van der Waals surface area contributed by atoms with Gasteiger partial charge >= 0.3 is 12.1 Å². The summed E-state index contributed by atoms with van der Waals surface area (Å²) in [5.41, 5.74) is -2.83. The van der Waals surface area contributed by atoms with Crippen LogP contribution < -0.4 is 10.6 Å². The van der Waals surface area contributed by atoms with Gasteiger partial charge in [0, 0.05) is 18.7 Å². The summed E-state index contributed by atoms with van der Waals surface area (Å²) in [6.07, 6.45) is -3.90. The molecular weight excluding hydrogens is 417 g/mol. The average Bonchev–Trinajstić information content (AvgIpc) is 3.15. The van der Waals surface area contributed by atoms with E-state index in [-0.39, 0.29) is 11.1 Å². The molecule has 0 aliphatic rings. The fourth-order valence-corrected chi connectivity index (χ4v) is 3.19. The molecule has 3 rings (SSSR count). The number of alkyl halides is 3. The SMILES string of the molecule is CC(=O)NC(Cc1cccc(C(F)(F)F)c1)(NC(=O)c1cccc2[nH]ncc12)C(=O)O. The lowest BCUT2D eigenvalue weighted by atomic mass is 9.96. The second-order valence-electron chi connectivity index (χ2n) is 6.86. The van der Waals surface area contributed by atoms with Crippen molar-refractivity contribution in [3.8, 4) is 0 Å². The predicted octanol–water partition coefficient (Wildman–Crippen LogP) is 2.47. The lowest BCUT2D eigenvalue weighted by molar-refractivity contribution is -0.148. The molecule has 0 radical (unpaired) electrons. The van der Waals surface area contributed by atoms with Gasteiger partial charge in [0.1, 0.15) is 0 Å². The number of aromatic nitrogens is 2. The summed E-state index contributed by atoms with van der Waals surface area (Å²) in [4.78, 5) is 36.8. The molecule has 0 saturated heterocycles. The average molecular weight is 434 g/mol. The molecule has 3 aromatic rings. The highest BCUT2D eigenvalue weighted by molar-refractivity contribution is 6.07. The van der Waals surface area contributed by atoms with E-state index < -0.39 is 41.6 Å². The Morgan fingerprint density at radius 2 is 1.81 bits per heavy atom. The summed E-state index contributed by atoms with van der Waals surface area (Å²) in [5, 5.41) is 21.2. The zero-order chi connectivity index (χ0) is 22.8. The third-order valence-corrected chi connectivity index (χ3v) is 4.53. The van der Waals surface area contributed by atoms with Gasteiger partial charge in [0.15, 0.2) is 0 Å². The van der Waals surface area contributed by atoms with Gasteiger partial charge < -0.3 is 15.7 Å². The van der Waals surface area contributed by atoms with E-state index in [4.69, 9.17) is 0 Å². The van der Waals surface area contributed by atoms with Gasteiger partial charge in [0.2, 0.25) is 11.6 Å². The number of aromatic amines is 1.